The lowest BCUT2D eigenvalue weighted by Gasteiger charge is -2.37. The predicted molar refractivity (Wildman–Crippen MR) is 86.5 cm³/mol. The number of piperidine rings is 1. The Balaban J connectivity index is 1.50. The number of para-hydroxylation sites is 2. The zero-order valence-electron chi connectivity index (χ0n) is 13.5. The van der Waals surface area contributed by atoms with E-state index < -0.39 is 5.79 Å². The van der Waals surface area contributed by atoms with Gasteiger partial charge >= 0.3 is 0 Å². The van der Waals surface area contributed by atoms with E-state index in [9.17, 15) is 4.79 Å². The van der Waals surface area contributed by atoms with E-state index in [0.717, 1.165) is 24.3 Å². The number of benzene rings is 1. The first-order chi connectivity index (χ1) is 11.2. The Kier molecular flexibility index (Phi) is 5.03. The van der Waals surface area contributed by atoms with Gasteiger partial charge in [-0.15, -0.1) is 0 Å². The van der Waals surface area contributed by atoms with E-state index in [1.54, 1.807) is 0 Å². The fraction of sp³-hybridized carbons (Fsp3) is 0.588. The van der Waals surface area contributed by atoms with Gasteiger partial charge in [0.15, 0.2) is 5.79 Å². The van der Waals surface area contributed by atoms with Gasteiger partial charge in [0, 0.05) is 25.9 Å². The van der Waals surface area contributed by atoms with E-state index in [2.05, 4.69) is 5.32 Å². The zero-order chi connectivity index (χ0) is 16.1. The summed E-state index contributed by atoms with van der Waals surface area (Å²) in [7, 11) is 0. The summed E-state index contributed by atoms with van der Waals surface area (Å²) in [6, 6.07) is 7.66. The molecule has 0 unspecified atom stereocenters. The predicted octanol–water partition coefficient (Wildman–Crippen LogP) is 1.86. The molecule has 1 N–H and O–H groups in total. The summed E-state index contributed by atoms with van der Waals surface area (Å²) < 4.78 is 16.9. The van der Waals surface area contributed by atoms with Crippen molar-refractivity contribution in [1.82, 2.24) is 4.90 Å². The van der Waals surface area contributed by atoms with Gasteiger partial charge in [0.05, 0.1) is 32.1 Å². The number of carbonyl (C=O) groups is 1. The number of nitrogens with zero attached hydrogens (tertiary/aromatic N) is 1. The monoisotopic (exact) mass is 320 g/mol. The molecule has 2 fully saturated rings. The maximum atomic E-state index is 12.4. The summed E-state index contributed by atoms with van der Waals surface area (Å²) in [5.41, 5.74) is 0.846. The van der Waals surface area contributed by atoms with Crippen LogP contribution in [-0.4, -0.2) is 56.0 Å². The minimum absolute atomic E-state index is 0.0872. The summed E-state index contributed by atoms with van der Waals surface area (Å²) in [5.74, 6) is 0.420. The second kappa shape index (κ2) is 7.19. The molecule has 1 aromatic carbocycles. The minimum atomic E-state index is -0.439. The van der Waals surface area contributed by atoms with Crippen molar-refractivity contribution in [3.05, 3.63) is 24.3 Å². The number of anilines is 1. The van der Waals surface area contributed by atoms with Crippen LogP contribution < -0.4 is 10.1 Å². The Morgan fingerprint density at radius 3 is 2.65 bits per heavy atom. The highest BCUT2D eigenvalue weighted by Crippen LogP contribution is 2.31. The first kappa shape index (κ1) is 16.1. The third-order valence-corrected chi connectivity index (χ3v) is 4.31. The summed E-state index contributed by atoms with van der Waals surface area (Å²) in [6.45, 7) is 5.47. The number of carbonyl (C=O) groups excluding carboxylic acids is 1. The van der Waals surface area contributed by atoms with Crippen LogP contribution in [-0.2, 0) is 14.3 Å². The molecule has 0 saturated carbocycles. The largest absolute Gasteiger partial charge is 0.492 e. The highest BCUT2D eigenvalue weighted by atomic mass is 16.7. The van der Waals surface area contributed by atoms with Crippen LogP contribution in [0.25, 0.3) is 0 Å². The van der Waals surface area contributed by atoms with Gasteiger partial charge in [-0.3, -0.25) is 4.79 Å². The maximum Gasteiger partial charge on any atom is 0.241 e. The van der Waals surface area contributed by atoms with Crippen LogP contribution in [0, 0.1) is 0 Å². The average Bonchev–Trinajstić information content (AvgIpc) is 3.03. The molecule has 6 heteroatoms. The molecule has 0 radical (unpaired) electrons. The molecule has 1 spiro atoms. The van der Waals surface area contributed by atoms with Crippen molar-refractivity contribution < 1.29 is 19.0 Å². The number of hydrogen-bond donors (Lipinski definition) is 1. The molecule has 2 saturated heterocycles. The minimum Gasteiger partial charge on any atom is -0.492 e. The molecule has 0 bridgehead atoms. The standard InChI is InChI=1S/C17H24N2O4/c1-2-21-15-6-4-3-5-14(15)18-13-16(20)19-9-7-17(8-10-19)22-11-12-23-17/h3-6,18H,2,7-13H2,1H3. The first-order valence-corrected chi connectivity index (χ1v) is 8.24. The summed E-state index contributed by atoms with van der Waals surface area (Å²) in [6.07, 6.45) is 1.49. The highest BCUT2D eigenvalue weighted by molar-refractivity contribution is 5.81. The molecular formula is C17H24N2O4. The second-order valence-electron chi connectivity index (χ2n) is 5.77. The van der Waals surface area contributed by atoms with Gasteiger partial charge in [0.2, 0.25) is 5.91 Å². The van der Waals surface area contributed by atoms with E-state index in [-0.39, 0.29) is 12.5 Å². The normalized spacial score (nSPS) is 19.8. The van der Waals surface area contributed by atoms with Crippen LogP contribution in [0.4, 0.5) is 5.69 Å². The smallest absolute Gasteiger partial charge is 0.241 e. The molecule has 2 heterocycles. The van der Waals surface area contributed by atoms with E-state index >= 15 is 0 Å². The number of amides is 1. The van der Waals surface area contributed by atoms with Crippen molar-refractivity contribution in [2.75, 3.05) is 44.8 Å². The third-order valence-electron chi connectivity index (χ3n) is 4.31. The van der Waals surface area contributed by atoms with Crippen LogP contribution in [0.1, 0.15) is 19.8 Å². The number of ether oxygens (including phenoxy) is 3. The SMILES string of the molecule is CCOc1ccccc1NCC(=O)N1CCC2(CC1)OCCO2. The van der Waals surface area contributed by atoms with Gasteiger partial charge in [-0.1, -0.05) is 12.1 Å². The first-order valence-electron chi connectivity index (χ1n) is 8.24. The van der Waals surface area contributed by atoms with Crippen molar-refractivity contribution in [3.63, 3.8) is 0 Å². The van der Waals surface area contributed by atoms with E-state index in [1.165, 1.54) is 0 Å². The molecule has 23 heavy (non-hydrogen) atoms. The fourth-order valence-electron chi connectivity index (χ4n) is 3.06. The number of rotatable bonds is 5. The van der Waals surface area contributed by atoms with Crippen molar-refractivity contribution in [2.24, 2.45) is 0 Å². The van der Waals surface area contributed by atoms with Crippen molar-refractivity contribution in [3.8, 4) is 5.75 Å². The molecule has 3 rings (SSSR count). The average molecular weight is 320 g/mol. The quantitative estimate of drug-likeness (QED) is 0.897. The number of hydrogen-bond acceptors (Lipinski definition) is 5. The maximum absolute atomic E-state index is 12.4. The molecule has 1 aromatic rings. The molecule has 6 nitrogen and oxygen atoms in total. The molecule has 2 aliphatic rings. The molecular weight excluding hydrogens is 296 g/mol. The molecule has 2 aliphatic heterocycles. The van der Waals surface area contributed by atoms with E-state index in [0.29, 0.717) is 32.9 Å². The van der Waals surface area contributed by atoms with Gasteiger partial charge in [0.1, 0.15) is 5.75 Å². The van der Waals surface area contributed by atoms with Gasteiger partial charge in [-0.2, -0.15) is 0 Å². The number of nitrogens with one attached hydrogen (secondary N) is 1. The summed E-state index contributed by atoms with van der Waals surface area (Å²) in [4.78, 5) is 14.3. The Labute approximate surface area is 136 Å². The lowest BCUT2D eigenvalue weighted by Crippen LogP contribution is -2.48. The van der Waals surface area contributed by atoms with Crippen LogP contribution in [0.15, 0.2) is 24.3 Å². The Hall–Kier alpha value is -1.79. The summed E-state index contributed by atoms with van der Waals surface area (Å²) in [5, 5.41) is 3.18. The van der Waals surface area contributed by atoms with Crippen LogP contribution in [0.3, 0.4) is 0 Å². The van der Waals surface area contributed by atoms with Crippen molar-refractivity contribution >= 4 is 11.6 Å². The molecule has 0 aliphatic carbocycles. The second-order valence-corrected chi connectivity index (χ2v) is 5.77. The van der Waals surface area contributed by atoms with Crippen LogP contribution in [0.2, 0.25) is 0 Å². The number of likely N-dealkylation sites (tertiary alicyclic amines) is 1. The lowest BCUT2D eigenvalue weighted by molar-refractivity contribution is -0.187. The van der Waals surface area contributed by atoms with Gasteiger partial charge in [0.25, 0.3) is 0 Å². The molecule has 1 amide bonds. The van der Waals surface area contributed by atoms with Gasteiger partial charge in [-0.25, -0.2) is 0 Å². The fourth-order valence-corrected chi connectivity index (χ4v) is 3.06. The van der Waals surface area contributed by atoms with Crippen molar-refractivity contribution in [2.45, 2.75) is 25.6 Å². The molecule has 126 valence electrons. The Morgan fingerprint density at radius 2 is 1.96 bits per heavy atom. The van der Waals surface area contributed by atoms with E-state index in [4.69, 9.17) is 14.2 Å². The third kappa shape index (κ3) is 3.76. The molecule has 0 aromatic heterocycles. The van der Waals surface area contributed by atoms with Crippen LogP contribution >= 0.6 is 0 Å². The highest BCUT2D eigenvalue weighted by Gasteiger charge is 2.40. The van der Waals surface area contributed by atoms with Gasteiger partial charge < -0.3 is 24.4 Å². The van der Waals surface area contributed by atoms with Crippen molar-refractivity contribution in [1.29, 1.82) is 0 Å². The Morgan fingerprint density at radius 1 is 1.26 bits per heavy atom. The zero-order valence-corrected chi connectivity index (χ0v) is 13.5. The molecule has 0 atom stereocenters. The van der Waals surface area contributed by atoms with Gasteiger partial charge in [-0.05, 0) is 19.1 Å². The van der Waals surface area contributed by atoms with E-state index in [1.807, 2.05) is 36.1 Å². The Bertz CT molecular complexity index is 533. The van der Waals surface area contributed by atoms with Crippen LogP contribution in [0.5, 0.6) is 5.75 Å². The summed E-state index contributed by atoms with van der Waals surface area (Å²) >= 11 is 0. The topological polar surface area (TPSA) is 60.0 Å². The lowest BCUT2D eigenvalue weighted by atomic mass is 10.0.